The van der Waals surface area contributed by atoms with E-state index in [1.54, 1.807) is 50.6 Å². The van der Waals surface area contributed by atoms with E-state index in [1.807, 2.05) is 36.4 Å². The molecule has 7 heteroatoms. The number of phenolic OH excluding ortho intramolecular Hbond substituents is 2. The van der Waals surface area contributed by atoms with Crippen LogP contribution in [-0.2, 0) is 34.6 Å². The third kappa shape index (κ3) is 16.8. The molecule has 0 radical (unpaired) electrons. The van der Waals surface area contributed by atoms with E-state index >= 15 is 0 Å². The first-order valence-electron chi connectivity index (χ1n) is 9.08. The molecule has 0 saturated heterocycles. The maximum absolute atomic E-state index is 8.97. The van der Waals surface area contributed by atoms with Crippen molar-refractivity contribution in [2.75, 3.05) is 14.2 Å². The van der Waals surface area contributed by atoms with E-state index < -0.39 is 0 Å². The van der Waals surface area contributed by atoms with Gasteiger partial charge in [-0.2, -0.15) is 12.2 Å². The van der Waals surface area contributed by atoms with Gasteiger partial charge in [0.25, 0.3) is 0 Å². The number of hydrogen-bond donors (Lipinski definition) is 2. The van der Waals surface area contributed by atoms with Crippen LogP contribution in [0.15, 0.2) is 94.8 Å². The molecule has 2 aromatic rings. The van der Waals surface area contributed by atoms with Crippen molar-refractivity contribution in [3.8, 4) is 11.5 Å². The molecular formula is C24H26O4S2Zr. The van der Waals surface area contributed by atoms with Crippen LogP contribution in [0.1, 0.15) is 12.8 Å². The molecule has 0 atom stereocenters. The Labute approximate surface area is 213 Å². The van der Waals surface area contributed by atoms with Gasteiger partial charge in [-0.25, -0.2) is 24.3 Å². The Balaban J connectivity index is 0.000000401. The Kier molecular flexibility index (Phi) is 19.4. The van der Waals surface area contributed by atoms with Crippen molar-refractivity contribution in [1.29, 1.82) is 0 Å². The van der Waals surface area contributed by atoms with Crippen LogP contribution < -0.4 is 0 Å². The van der Waals surface area contributed by atoms with Gasteiger partial charge in [0.05, 0.1) is 14.2 Å². The summed E-state index contributed by atoms with van der Waals surface area (Å²) in [5.41, 5.74) is 0. The topological polar surface area (TPSA) is 58.9 Å². The molecular weight excluding hydrogens is 508 g/mol. The summed E-state index contributed by atoms with van der Waals surface area (Å²) in [5.74, 6) is 0.532. The average Bonchev–Trinajstić information content (AvgIpc) is 3.48. The number of benzene rings is 2. The molecule has 4 rings (SSSR count). The van der Waals surface area contributed by atoms with E-state index in [2.05, 4.69) is 24.3 Å². The maximum atomic E-state index is 8.97. The maximum Gasteiger partial charge on any atom is 2.00 e. The number of hydrogen-bond acceptors (Lipinski definition) is 6. The van der Waals surface area contributed by atoms with Crippen LogP contribution in [0, 0.1) is 12.2 Å². The van der Waals surface area contributed by atoms with Crippen molar-refractivity contribution in [2.45, 2.75) is 22.6 Å². The normalized spacial score (nSPS) is 11.9. The van der Waals surface area contributed by atoms with E-state index in [4.69, 9.17) is 18.6 Å². The first-order chi connectivity index (χ1) is 14.7. The van der Waals surface area contributed by atoms with Gasteiger partial charge in [0, 0.05) is 33.9 Å². The predicted molar refractivity (Wildman–Crippen MR) is 125 cm³/mol. The van der Waals surface area contributed by atoms with Gasteiger partial charge in [0.15, 0.2) is 0 Å². The van der Waals surface area contributed by atoms with Crippen molar-refractivity contribution in [2.24, 2.45) is 0 Å². The van der Waals surface area contributed by atoms with Crippen molar-refractivity contribution in [3.05, 3.63) is 97.1 Å². The molecule has 2 aliphatic carbocycles. The van der Waals surface area contributed by atoms with E-state index in [-0.39, 0.29) is 37.7 Å². The van der Waals surface area contributed by atoms with Crippen molar-refractivity contribution < 1.29 is 44.8 Å². The number of phenols is 2. The monoisotopic (exact) mass is 532 g/mol. The fraction of sp³-hybridized carbons (Fsp3) is 0.167. The summed E-state index contributed by atoms with van der Waals surface area (Å²) >= 11 is 2.46. The molecule has 0 unspecified atom stereocenters. The fourth-order valence-corrected chi connectivity index (χ4v) is 2.93. The quantitative estimate of drug-likeness (QED) is 0.337. The molecule has 0 saturated carbocycles. The van der Waals surface area contributed by atoms with Gasteiger partial charge in [-0.3, -0.25) is 12.2 Å². The molecule has 2 aliphatic rings. The Morgan fingerprint density at radius 2 is 1.16 bits per heavy atom. The second kappa shape index (κ2) is 20.4. The molecule has 2 aromatic carbocycles. The minimum atomic E-state index is 0. The average molecular weight is 534 g/mol. The van der Waals surface area contributed by atoms with E-state index in [0.29, 0.717) is 0 Å². The van der Waals surface area contributed by atoms with Crippen molar-refractivity contribution in [3.63, 3.8) is 0 Å². The van der Waals surface area contributed by atoms with E-state index in [1.165, 1.54) is 24.1 Å². The summed E-state index contributed by atoms with van der Waals surface area (Å²) in [5, 5.41) is 17.9. The third-order valence-electron chi connectivity index (χ3n) is 3.17. The zero-order chi connectivity index (χ0) is 21.9. The number of rotatable bonds is 4. The van der Waals surface area contributed by atoms with Crippen LogP contribution in [0.5, 0.6) is 11.5 Å². The van der Waals surface area contributed by atoms with Crippen LogP contribution in [-0.4, -0.2) is 24.4 Å². The second-order valence-corrected chi connectivity index (χ2v) is 7.44. The molecule has 0 spiro atoms. The van der Waals surface area contributed by atoms with Gasteiger partial charge in [-0.1, -0.05) is 12.1 Å². The van der Waals surface area contributed by atoms with Gasteiger partial charge in [-0.15, -0.1) is 12.8 Å². The van der Waals surface area contributed by atoms with E-state index in [9.17, 15) is 0 Å². The van der Waals surface area contributed by atoms with Crippen LogP contribution in [0.4, 0.5) is 0 Å². The third-order valence-corrected chi connectivity index (χ3v) is 4.39. The molecule has 0 fully saturated rings. The number of allylic oxidation sites excluding steroid dienone is 8. The molecule has 0 bridgehead atoms. The molecule has 0 aromatic heterocycles. The zero-order valence-electron chi connectivity index (χ0n) is 17.5. The molecule has 162 valence electrons. The second-order valence-electron chi connectivity index (χ2n) is 5.50. The van der Waals surface area contributed by atoms with Crippen LogP contribution in [0.25, 0.3) is 0 Å². The Morgan fingerprint density at radius 3 is 1.39 bits per heavy atom. The summed E-state index contributed by atoms with van der Waals surface area (Å²) in [6.07, 6.45) is 20.0. The minimum Gasteiger partial charge on any atom is -0.508 e. The molecule has 2 N–H and O–H groups in total. The predicted octanol–water partition coefficient (Wildman–Crippen LogP) is 6.70. The van der Waals surface area contributed by atoms with Crippen LogP contribution in [0.3, 0.4) is 0 Å². The minimum absolute atomic E-state index is 0. The van der Waals surface area contributed by atoms with Gasteiger partial charge >= 0.3 is 26.2 Å². The van der Waals surface area contributed by atoms with Gasteiger partial charge in [0.2, 0.25) is 0 Å². The summed E-state index contributed by atoms with van der Waals surface area (Å²) in [6, 6.07) is 13.8. The first-order valence-corrected chi connectivity index (χ1v) is 10.6. The fourth-order valence-electron chi connectivity index (χ4n) is 1.94. The van der Waals surface area contributed by atoms with E-state index in [0.717, 1.165) is 22.6 Å². The molecule has 0 heterocycles. The Hall–Kier alpha value is -1.50. The van der Waals surface area contributed by atoms with Gasteiger partial charge in [-0.05, 0) is 36.4 Å². The first kappa shape index (κ1) is 29.5. The Morgan fingerprint density at radius 1 is 0.742 bits per heavy atom. The number of aromatic hydroxyl groups is 2. The van der Waals surface area contributed by atoms with Crippen molar-refractivity contribution >= 4 is 24.1 Å². The standard InChI is InChI=1S/2C7H8O2S.2C5H5.Zr/c2*1-9-10-7-4-2-3-6(8)5-7;2*1-2-4-5-3-1;/h2*2-5,8H,1H3;2*1-3H,4H2;/q;;2*-1;+2. The molecule has 4 nitrogen and oxygen atoms in total. The SMILES string of the molecule is COSc1cccc(O)c1.COSc1cccc(O)c1.[C-]1=CC=CC1.[C-]1=CC=CC1.[Zr+2]. The largest absolute Gasteiger partial charge is 2.00 e. The van der Waals surface area contributed by atoms with Crippen LogP contribution in [0.2, 0.25) is 0 Å². The molecule has 0 aliphatic heterocycles. The molecule has 0 amide bonds. The summed E-state index contributed by atoms with van der Waals surface area (Å²) < 4.78 is 9.58. The summed E-state index contributed by atoms with van der Waals surface area (Å²) in [6.45, 7) is 0. The smallest absolute Gasteiger partial charge is 0.508 e. The van der Waals surface area contributed by atoms with Gasteiger partial charge in [0.1, 0.15) is 11.5 Å². The summed E-state index contributed by atoms with van der Waals surface area (Å²) in [7, 11) is 3.18. The van der Waals surface area contributed by atoms with Gasteiger partial charge < -0.3 is 18.6 Å². The van der Waals surface area contributed by atoms with Crippen molar-refractivity contribution in [1.82, 2.24) is 0 Å². The zero-order valence-corrected chi connectivity index (χ0v) is 21.6. The molecule has 31 heavy (non-hydrogen) atoms. The van der Waals surface area contributed by atoms with Crippen LogP contribution >= 0.6 is 24.1 Å². The Bertz CT molecular complexity index is 746. The summed E-state index contributed by atoms with van der Waals surface area (Å²) in [4.78, 5) is 1.81.